The van der Waals surface area contributed by atoms with Crippen LogP contribution < -0.4 is 16.9 Å². The van der Waals surface area contributed by atoms with Crippen LogP contribution in [0.5, 0.6) is 0 Å². The topological polar surface area (TPSA) is 105 Å². The van der Waals surface area contributed by atoms with Crippen LogP contribution in [-0.2, 0) is 6.42 Å². The molecule has 0 radical (unpaired) electrons. The van der Waals surface area contributed by atoms with Gasteiger partial charge in [-0.15, -0.1) is 16.9 Å². The SMILES string of the molecule is NC(=O)NN1CC2=C(CCC3=C2SCC3Cc2ccccc2Cl)N1C(N)=O. The number of thioether (sulfide) groups is 1. The summed E-state index contributed by atoms with van der Waals surface area (Å²) >= 11 is 8.14. The Morgan fingerprint density at radius 3 is 2.74 bits per heavy atom. The van der Waals surface area contributed by atoms with Crippen LogP contribution in [-0.4, -0.2) is 34.5 Å². The first-order valence-electron chi connectivity index (χ1n) is 8.70. The predicted molar refractivity (Wildman–Crippen MR) is 105 cm³/mol. The van der Waals surface area contributed by atoms with Crippen molar-refractivity contribution in [3.05, 3.63) is 56.6 Å². The molecule has 0 saturated heterocycles. The number of hydrazine groups is 2. The number of fused-ring (bicyclic) bond motifs is 1. The number of amides is 4. The summed E-state index contributed by atoms with van der Waals surface area (Å²) in [6, 6.07) is 6.58. The molecule has 1 aromatic carbocycles. The van der Waals surface area contributed by atoms with Crippen molar-refractivity contribution in [2.45, 2.75) is 19.3 Å². The molecular weight excluding hydrogens is 386 g/mol. The van der Waals surface area contributed by atoms with E-state index in [1.807, 2.05) is 18.2 Å². The zero-order valence-corrected chi connectivity index (χ0v) is 16.1. The summed E-state index contributed by atoms with van der Waals surface area (Å²) in [5.41, 5.74) is 17.7. The molecule has 1 unspecified atom stereocenters. The Hall–Kier alpha value is -2.16. The van der Waals surface area contributed by atoms with Crippen LogP contribution in [0, 0.1) is 5.92 Å². The van der Waals surface area contributed by atoms with Crippen molar-refractivity contribution in [3.63, 3.8) is 0 Å². The van der Waals surface area contributed by atoms with Crippen LogP contribution in [0.3, 0.4) is 0 Å². The average Bonchev–Trinajstić information content (AvgIpc) is 3.17. The van der Waals surface area contributed by atoms with Gasteiger partial charge >= 0.3 is 12.1 Å². The second-order valence-electron chi connectivity index (χ2n) is 6.77. The number of nitrogens with two attached hydrogens (primary N) is 2. The number of hydrogen-bond acceptors (Lipinski definition) is 4. The highest BCUT2D eigenvalue weighted by Crippen LogP contribution is 2.50. The van der Waals surface area contributed by atoms with Crippen molar-refractivity contribution >= 4 is 35.4 Å². The second-order valence-corrected chi connectivity index (χ2v) is 8.20. The molecule has 0 saturated carbocycles. The van der Waals surface area contributed by atoms with Crippen LogP contribution in [0.1, 0.15) is 18.4 Å². The third-order valence-electron chi connectivity index (χ3n) is 5.14. The second kappa shape index (κ2) is 7.10. The van der Waals surface area contributed by atoms with Gasteiger partial charge in [-0.3, -0.25) is 5.43 Å². The fourth-order valence-electron chi connectivity index (χ4n) is 4.04. The highest BCUT2D eigenvalue weighted by atomic mass is 35.5. The zero-order valence-electron chi connectivity index (χ0n) is 14.6. The van der Waals surface area contributed by atoms with E-state index < -0.39 is 12.1 Å². The molecule has 0 spiro atoms. The number of primary amides is 2. The van der Waals surface area contributed by atoms with Gasteiger partial charge in [0.15, 0.2) is 0 Å². The number of allylic oxidation sites excluding steroid dienone is 2. The summed E-state index contributed by atoms with van der Waals surface area (Å²) in [5, 5.41) is 3.52. The molecule has 4 amide bonds. The van der Waals surface area contributed by atoms with Crippen molar-refractivity contribution in [2.24, 2.45) is 17.4 Å². The lowest BCUT2D eigenvalue weighted by Crippen LogP contribution is -2.54. The number of halogens is 1. The summed E-state index contributed by atoms with van der Waals surface area (Å²) in [7, 11) is 0. The zero-order chi connectivity index (χ0) is 19.1. The normalized spacial score (nSPS) is 22.1. The molecule has 27 heavy (non-hydrogen) atoms. The van der Waals surface area contributed by atoms with Crippen LogP contribution in [0.15, 0.2) is 46.0 Å². The largest absolute Gasteiger partial charge is 0.351 e. The van der Waals surface area contributed by atoms with Gasteiger partial charge in [0.2, 0.25) is 0 Å². The molecule has 1 aromatic rings. The minimum absolute atomic E-state index is 0.381. The molecule has 1 atom stereocenters. The van der Waals surface area contributed by atoms with E-state index >= 15 is 0 Å². The smallest absolute Gasteiger partial charge is 0.335 e. The molecule has 142 valence electrons. The number of nitrogens with zero attached hydrogens (tertiary/aromatic N) is 2. The molecule has 0 bridgehead atoms. The minimum Gasteiger partial charge on any atom is -0.351 e. The molecule has 7 nitrogen and oxygen atoms in total. The molecular formula is C18H20ClN5O2S. The number of hydrogen-bond donors (Lipinski definition) is 3. The van der Waals surface area contributed by atoms with E-state index in [0.717, 1.165) is 40.5 Å². The fraction of sp³-hybridized carbons (Fsp3) is 0.333. The van der Waals surface area contributed by atoms with Crippen LogP contribution in [0.25, 0.3) is 0 Å². The quantitative estimate of drug-likeness (QED) is 0.719. The number of rotatable bonds is 3. The number of nitrogens with one attached hydrogen (secondary N) is 1. The van der Waals surface area contributed by atoms with E-state index in [0.29, 0.717) is 18.9 Å². The van der Waals surface area contributed by atoms with Crippen LogP contribution in [0.2, 0.25) is 5.02 Å². The summed E-state index contributed by atoms with van der Waals surface area (Å²) in [4.78, 5) is 24.4. The van der Waals surface area contributed by atoms with Gasteiger partial charge in [0.25, 0.3) is 0 Å². The highest BCUT2D eigenvalue weighted by molar-refractivity contribution is 8.03. The van der Waals surface area contributed by atoms with Crippen molar-refractivity contribution in [1.82, 2.24) is 15.6 Å². The van der Waals surface area contributed by atoms with Gasteiger partial charge in [0.1, 0.15) is 0 Å². The molecule has 2 aliphatic heterocycles. The molecule has 9 heteroatoms. The Bertz CT molecular complexity index is 884. The Balaban J connectivity index is 1.62. The molecule has 5 N–H and O–H groups in total. The first-order valence-corrected chi connectivity index (χ1v) is 10.1. The lowest BCUT2D eigenvalue weighted by Gasteiger charge is -2.28. The predicted octanol–water partition coefficient (Wildman–Crippen LogP) is 2.74. The van der Waals surface area contributed by atoms with Crippen LogP contribution in [0.4, 0.5) is 9.59 Å². The van der Waals surface area contributed by atoms with Gasteiger partial charge < -0.3 is 11.5 Å². The summed E-state index contributed by atoms with van der Waals surface area (Å²) in [6.45, 7) is 0.381. The van der Waals surface area contributed by atoms with Crippen LogP contribution >= 0.6 is 23.4 Å². The van der Waals surface area contributed by atoms with E-state index in [9.17, 15) is 9.59 Å². The Morgan fingerprint density at radius 2 is 2.04 bits per heavy atom. The van der Waals surface area contributed by atoms with Gasteiger partial charge in [-0.2, -0.15) is 0 Å². The molecule has 0 fully saturated rings. The van der Waals surface area contributed by atoms with E-state index in [2.05, 4.69) is 11.5 Å². The van der Waals surface area contributed by atoms with Gasteiger partial charge in [-0.05, 0) is 36.8 Å². The van der Waals surface area contributed by atoms with Crippen molar-refractivity contribution < 1.29 is 9.59 Å². The summed E-state index contributed by atoms with van der Waals surface area (Å²) in [6.07, 6.45) is 2.47. The molecule has 3 aliphatic rings. The first kappa shape index (κ1) is 18.2. The number of urea groups is 2. The Morgan fingerprint density at radius 1 is 1.26 bits per heavy atom. The third-order valence-corrected chi connectivity index (χ3v) is 6.88. The number of carbonyl (C=O) groups is 2. The summed E-state index contributed by atoms with van der Waals surface area (Å²) < 4.78 is 0. The van der Waals surface area contributed by atoms with Gasteiger partial charge in [0.05, 0.1) is 6.54 Å². The van der Waals surface area contributed by atoms with Gasteiger partial charge in [-0.1, -0.05) is 35.4 Å². The molecule has 1 aliphatic carbocycles. The van der Waals surface area contributed by atoms with Crippen molar-refractivity contribution in [1.29, 1.82) is 0 Å². The standard InChI is InChI=1S/C18H20ClN5O2S/c19-14-4-2-1-3-10(14)7-11-9-27-16-12(11)5-6-15-13(16)8-23(22-17(20)25)24(15)18(21)26/h1-4,11H,5-9H2,(H2,21,26)(H3,20,22,25). The average molecular weight is 406 g/mol. The monoisotopic (exact) mass is 405 g/mol. The van der Waals surface area contributed by atoms with E-state index in [1.54, 1.807) is 11.8 Å². The Kier molecular flexibility index (Phi) is 4.79. The fourth-order valence-corrected chi connectivity index (χ4v) is 5.75. The minimum atomic E-state index is -0.731. The maximum absolute atomic E-state index is 11.9. The van der Waals surface area contributed by atoms with E-state index in [1.165, 1.54) is 20.6 Å². The first-order chi connectivity index (χ1) is 13.0. The maximum atomic E-state index is 11.9. The maximum Gasteiger partial charge on any atom is 0.335 e. The lowest BCUT2D eigenvalue weighted by atomic mass is 9.85. The third kappa shape index (κ3) is 3.28. The molecule has 2 heterocycles. The highest BCUT2D eigenvalue weighted by Gasteiger charge is 2.41. The van der Waals surface area contributed by atoms with Crippen molar-refractivity contribution in [2.75, 3.05) is 12.3 Å². The number of benzene rings is 1. The summed E-state index contributed by atoms with van der Waals surface area (Å²) in [5.74, 6) is 1.39. The Labute approximate surface area is 166 Å². The van der Waals surface area contributed by atoms with Gasteiger partial charge in [-0.25, -0.2) is 14.6 Å². The van der Waals surface area contributed by atoms with E-state index in [4.69, 9.17) is 23.1 Å². The van der Waals surface area contributed by atoms with Crippen molar-refractivity contribution in [3.8, 4) is 0 Å². The number of carbonyl (C=O) groups excluding carboxylic acids is 2. The van der Waals surface area contributed by atoms with E-state index in [-0.39, 0.29) is 0 Å². The van der Waals surface area contributed by atoms with Gasteiger partial charge in [0, 0.05) is 27.0 Å². The molecule has 0 aromatic heterocycles. The molecule has 4 rings (SSSR count). The lowest BCUT2D eigenvalue weighted by molar-refractivity contribution is 0.0378.